The zero-order valence-corrected chi connectivity index (χ0v) is 22.6. The molecular formula is C30H36FN3O4. The first-order chi connectivity index (χ1) is 18.3. The molecule has 0 unspecified atom stereocenters. The van der Waals surface area contributed by atoms with Crippen molar-refractivity contribution in [3.05, 3.63) is 80.5 Å². The fourth-order valence-corrected chi connectivity index (χ4v) is 5.12. The first-order valence-corrected chi connectivity index (χ1v) is 13.1. The maximum atomic E-state index is 14.5. The molecule has 1 amide bonds. The number of unbranched alkanes of at least 4 members (excludes halogenated alkanes) is 1. The minimum absolute atomic E-state index is 0.204. The normalized spacial score (nSPS) is 14.1. The number of hydrogen-bond acceptors (Lipinski definition) is 5. The number of aryl methyl sites for hydroxylation is 3. The molecule has 1 fully saturated rings. The van der Waals surface area contributed by atoms with E-state index in [-0.39, 0.29) is 17.1 Å². The molecule has 0 bridgehead atoms. The van der Waals surface area contributed by atoms with Gasteiger partial charge >= 0.3 is 0 Å². The number of halogens is 1. The van der Waals surface area contributed by atoms with Crippen LogP contribution in [0.5, 0.6) is 11.5 Å². The topological polar surface area (TPSA) is 85.9 Å². The van der Waals surface area contributed by atoms with Gasteiger partial charge < -0.3 is 19.7 Å². The first kappa shape index (κ1) is 27.4. The molecule has 38 heavy (non-hydrogen) atoms. The van der Waals surface area contributed by atoms with Gasteiger partial charge in [0.25, 0.3) is 11.5 Å². The second kappa shape index (κ2) is 11.8. The van der Waals surface area contributed by atoms with Crippen LogP contribution in [-0.2, 0) is 13.0 Å². The summed E-state index contributed by atoms with van der Waals surface area (Å²) in [5.74, 6) is -0.479. The van der Waals surface area contributed by atoms with Crippen molar-refractivity contribution in [2.24, 2.45) is 0 Å². The second-order valence-electron chi connectivity index (χ2n) is 9.90. The highest BCUT2D eigenvalue weighted by atomic mass is 19.1. The van der Waals surface area contributed by atoms with E-state index in [1.165, 1.54) is 0 Å². The molecular weight excluding hydrogens is 485 g/mol. The molecule has 2 N–H and O–H groups in total. The van der Waals surface area contributed by atoms with Gasteiger partial charge in [-0.25, -0.2) is 4.39 Å². The van der Waals surface area contributed by atoms with Crippen LogP contribution < -0.4 is 10.3 Å². The molecule has 3 aromatic rings. The molecule has 202 valence electrons. The Morgan fingerprint density at radius 3 is 2.42 bits per heavy atom. The quantitative estimate of drug-likeness (QED) is 0.444. The van der Waals surface area contributed by atoms with Gasteiger partial charge in [0.1, 0.15) is 22.9 Å². The molecule has 4 rings (SSSR count). The molecule has 7 nitrogen and oxygen atoms in total. The molecule has 8 heteroatoms. The standard InChI is InChI=1S/C30H36FN3O4/c1-5-6-12-22-25(24-19(2)9-8-13-23(24)38-4)28(35)26(29(36)32-22)30(37)34-16-14-33(15-17-34)18-21-11-7-10-20(3)27(21)31/h7-11,13H,5-6,12,14-18H2,1-4H3,(H2,32,35,36). The van der Waals surface area contributed by atoms with Crippen molar-refractivity contribution in [1.82, 2.24) is 14.8 Å². The molecule has 1 aliphatic heterocycles. The number of amides is 1. The van der Waals surface area contributed by atoms with E-state index in [2.05, 4.69) is 16.8 Å². The number of pyridine rings is 1. The molecule has 0 atom stereocenters. The predicted molar refractivity (Wildman–Crippen MR) is 146 cm³/mol. The molecule has 0 aliphatic carbocycles. The average molecular weight is 522 g/mol. The number of nitrogens with zero attached hydrogens (tertiary/aromatic N) is 2. The number of carbonyl (C=O) groups is 1. The fraction of sp³-hybridized carbons (Fsp3) is 0.400. The Morgan fingerprint density at radius 1 is 1.05 bits per heavy atom. The average Bonchev–Trinajstić information content (AvgIpc) is 2.90. The van der Waals surface area contributed by atoms with Crippen molar-refractivity contribution in [2.45, 2.75) is 46.6 Å². The molecule has 0 spiro atoms. The number of carbonyl (C=O) groups excluding carboxylic acids is 1. The highest BCUT2D eigenvalue weighted by molar-refractivity contribution is 5.99. The molecule has 0 radical (unpaired) electrons. The highest BCUT2D eigenvalue weighted by Crippen LogP contribution is 2.41. The first-order valence-electron chi connectivity index (χ1n) is 13.1. The van der Waals surface area contributed by atoms with Gasteiger partial charge in [-0.1, -0.05) is 43.7 Å². The summed E-state index contributed by atoms with van der Waals surface area (Å²) >= 11 is 0. The zero-order chi connectivity index (χ0) is 27.4. The smallest absolute Gasteiger partial charge is 0.264 e. The van der Waals surface area contributed by atoms with Crippen molar-refractivity contribution >= 4 is 5.91 Å². The Labute approximate surface area is 222 Å². The van der Waals surface area contributed by atoms with Crippen molar-refractivity contribution in [3.8, 4) is 22.6 Å². The summed E-state index contributed by atoms with van der Waals surface area (Å²) < 4.78 is 20.1. The summed E-state index contributed by atoms with van der Waals surface area (Å²) in [7, 11) is 1.56. The van der Waals surface area contributed by atoms with Gasteiger partial charge in [0, 0.05) is 55.1 Å². The number of H-pyrrole nitrogens is 1. The van der Waals surface area contributed by atoms with Crippen LogP contribution in [0, 0.1) is 19.7 Å². The number of nitrogens with one attached hydrogen (secondary N) is 1. The molecule has 0 saturated carbocycles. The lowest BCUT2D eigenvalue weighted by Crippen LogP contribution is -2.49. The Hall–Kier alpha value is -3.65. The summed E-state index contributed by atoms with van der Waals surface area (Å²) in [6, 6.07) is 10.9. The third-order valence-corrected chi connectivity index (χ3v) is 7.29. The zero-order valence-electron chi connectivity index (χ0n) is 22.6. The number of methoxy groups -OCH3 is 1. The van der Waals surface area contributed by atoms with Crippen LogP contribution in [-0.4, -0.2) is 59.1 Å². The maximum Gasteiger partial charge on any atom is 0.264 e. The van der Waals surface area contributed by atoms with Crippen LogP contribution in [0.4, 0.5) is 4.39 Å². The Morgan fingerprint density at radius 2 is 1.74 bits per heavy atom. The maximum absolute atomic E-state index is 14.5. The van der Waals surface area contributed by atoms with Crippen molar-refractivity contribution in [1.29, 1.82) is 0 Å². The number of piperazine rings is 1. The number of aromatic nitrogens is 1. The van der Waals surface area contributed by atoms with Crippen LogP contribution >= 0.6 is 0 Å². The monoisotopic (exact) mass is 521 g/mol. The third-order valence-electron chi connectivity index (χ3n) is 7.29. The number of rotatable bonds is 8. The van der Waals surface area contributed by atoms with Crippen LogP contribution in [0.1, 0.15) is 52.5 Å². The number of ether oxygens (including phenoxy) is 1. The van der Waals surface area contributed by atoms with E-state index >= 15 is 0 Å². The lowest BCUT2D eigenvalue weighted by atomic mass is 9.93. The van der Waals surface area contributed by atoms with Gasteiger partial charge in [0.05, 0.1) is 7.11 Å². The van der Waals surface area contributed by atoms with E-state index in [0.717, 1.165) is 18.4 Å². The molecule has 2 heterocycles. The number of benzene rings is 2. The lowest BCUT2D eigenvalue weighted by Gasteiger charge is -2.35. The summed E-state index contributed by atoms with van der Waals surface area (Å²) in [5.41, 5.74) is 2.91. The second-order valence-corrected chi connectivity index (χ2v) is 9.90. The molecule has 1 aromatic heterocycles. The molecule has 2 aromatic carbocycles. The van der Waals surface area contributed by atoms with Crippen molar-refractivity contribution in [3.63, 3.8) is 0 Å². The fourth-order valence-electron chi connectivity index (χ4n) is 5.12. The molecule has 1 saturated heterocycles. The summed E-state index contributed by atoms with van der Waals surface area (Å²) in [5, 5.41) is 11.5. The predicted octanol–water partition coefficient (Wildman–Crippen LogP) is 4.81. The van der Waals surface area contributed by atoms with Gasteiger partial charge in [0.2, 0.25) is 0 Å². The minimum Gasteiger partial charge on any atom is -0.506 e. The van der Waals surface area contributed by atoms with E-state index in [9.17, 15) is 19.1 Å². The third kappa shape index (κ3) is 5.45. The van der Waals surface area contributed by atoms with Crippen LogP contribution in [0.25, 0.3) is 11.1 Å². The van der Waals surface area contributed by atoms with Crippen LogP contribution in [0.15, 0.2) is 41.2 Å². The van der Waals surface area contributed by atoms with Crippen LogP contribution in [0.2, 0.25) is 0 Å². The number of hydrogen-bond donors (Lipinski definition) is 2. The van der Waals surface area contributed by atoms with E-state index in [0.29, 0.717) is 72.8 Å². The number of aromatic hydroxyl groups is 1. The van der Waals surface area contributed by atoms with E-state index in [1.54, 1.807) is 37.1 Å². The number of aromatic amines is 1. The van der Waals surface area contributed by atoms with E-state index < -0.39 is 11.5 Å². The van der Waals surface area contributed by atoms with E-state index in [1.807, 2.05) is 25.1 Å². The van der Waals surface area contributed by atoms with Gasteiger partial charge in [0.15, 0.2) is 0 Å². The summed E-state index contributed by atoms with van der Waals surface area (Å²) in [6.45, 7) is 7.95. The highest BCUT2D eigenvalue weighted by Gasteiger charge is 2.30. The van der Waals surface area contributed by atoms with Gasteiger partial charge in [-0.15, -0.1) is 0 Å². The van der Waals surface area contributed by atoms with Crippen molar-refractivity contribution < 1.29 is 19.0 Å². The Balaban J connectivity index is 1.64. The van der Waals surface area contributed by atoms with Gasteiger partial charge in [-0.05, 0) is 43.9 Å². The van der Waals surface area contributed by atoms with Gasteiger partial charge in [-0.2, -0.15) is 0 Å². The van der Waals surface area contributed by atoms with Crippen LogP contribution in [0.3, 0.4) is 0 Å². The Bertz CT molecular complexity index is 1380. The minimum atomic E-state index is -0.598. The van der Waals surface area contributed by atoms with E-state index in [4.69, 9.17) is 4.74 Å². The van der Waals surface area contributed by atoms with Crippen molar-refractivity contribution in [2.75, 3.05) is 33.3 Å². The largest absolute Gasteiger partial charge is 0.506 e. The summed E-state index contributed by atoms with van der Waals surface area (Å²) in [6.07, 6.45) is 2.27. The Kier molecular flexibility index (Phi) is 8.52. The molecule has 1 aliphatic rings. The SMILES string of the molecule is CCCCc1[nH]c(=O)c(C(=O)N2CCN(Cc3cccc(C)c3F)CC2)c(O)c1-c1c(C)cccc1OC. The van der Waals surface area contributed by atoms with Gasteiger partial charge in [-0.3, -0.25) is 14.5 Å². The summed E-state index contributed by atoms with van der Waals surface area (Å²) in [4.78, 5) is 33.3. The lowest BCUT2D eigenvalue weighted by molar-refractivity contribution is 0.0622.